The number of nitrogens with zero attached hydrogens (tertiary/aromatic N) is 1. The van der Waals surface area contributed by atoms with Crippen molar-refractivity contribution in [2.45, 2.75) is 67.3 Å². The molecule has 4 rings (SSSR count). The minimum atomic E-state index is -0.243. The van der Waals surface area contributed by atoms with Crippen molar-refractivity contribution in [1.82, 2.24) is 4.98 Å². The van der Waals surface area contributed by atoms with Crippen LogP contribution in [0.2, 0.25) is 0 Å². The van der Waals surface area contributed by atoms with E-state index in [1.165, 1.54) is 45.2 Å². The number of benzene rings is 3. The van der Waals surface area contributed by atoms with E-state index < -0.39 is 0 Å². The van der Waals surface area contributed by atoms with E-state index in [9.17, 15) is 4.39 Å². The van der Waals surface area contributed by atoms with E-state index in [2.05, 4.69) is 98.7 Å². The Morgan fingerprint density at radius 2 is 1.55 bits per heavy atom. The number of halogens is 1. The lowest BCUT2D eigenvalue weighted by Gasteiger charge is -2.12. The van der Waals surface area contributed by atoms with Gasteiger partial charge in [-0.15, -0.1) is 6.58 Å². The maximum absolute atomic E-state index is 12.3. The van der Waals surface area contributed by atoms with Crippen molar-refractivity contribution in [2.75, 3.05) is 0 Å². The Balaban J connectivity index is 0.000000361. The molecule has 212 valence electrons. The second kappa shape index (κ2) is 19.3. The van der Waals surface area contributed by atoms with E-state index in [-0.39, 0.29) is 5.82 Å². The number of nitrogens with two attached hydrogens (primary N) is 1. The minimum Gasteiger partial charge on any atom is -0.326 e. The van der Waals surface area contributed by atoms with Crippen molar-refractivity contribution in [2.24, 2.45) is 5.73 Å². The molecular formula is C37H47FN2. The van der Waals surface area contributed by atoms with Crippen LogP contribution in [-0.4, -0.2) is 4.98 Å². The average molecular weight is 539 g/mol. The smallest absolute Gasteiger partial charge is 0.144 e. The summed E-state index contributed by atoms with van der Waals surface area (Å²) in [6, 6.07) is 27.2. The first-order valence-electron chi connectivity index (χ1n) is 14.1. The molecule has 0 saturated carbocycles. The third-order valence-corrected chi connectivity index (χ3v) is 6.13. The zero-order chi connectivity index (χ0) is 29.9. The Bertz CT molecular complexity index is 1290. The van der Waals surface area contributed by atoms with Gasteiger partial charge in [-0.1, -0.05) is 105 Å². The largest absolute Gasteiger partial charge is 0.326 e. The third-order valence-electron chi connectivity index (χ3n) is 6.13. The fraction of sp³-hybridized carbons (Fsp3) is 0.270. The van der Waals surface area contributed by atoms with Crippen LogP contribution in [0.25, 0.3) is 16.7 Å². The van der Waals surface area contributed by atoms with E-state index in [0.717, 1.165) is 24.8 Å². The van der Waals surface area contributed by atoms with Gasteiger partial charge in [0.1, 0.15) is 5.82 Å². The number of hydrogen-bond donors (Lipinski definition) is 1. The van der Waals surface area contributed by atoms with Gasteiger partial charge in [-0.2, -0.15) is 0 Å². The second-order valence-electron chi connectivity index (χ2n) is 9.48. The highest BCUT2D eigenvalue weighted by Crippen LogP contribution is 2.28. The Labute approximate surface area is 242 Å². The lowest BCUT2D eigenvalue weighted by atomic mass is 9.93. The molecule has 2 nitrogen and oxygen atoms in total. The molecule has 3 heteroatoms. The Hall–Kier alpha value is -3.82. The first kappa shape index (κ1) is 34.2. The summed E-state index contributed by atoms with van der Waals surface area (Å²) >= 11 is 0. The number of aryl methyl sites for hydroxylation is 3. The molecule has 0 bridgehead atoms. The highest BCUT2D eigenvalue weighted by molar-refractivity contribution is 5.74. The van der Waals surface area contributed by atoms with E-state index in [4.69, 9.17) is 5.73 Å². The van der Waals surface area contributed by atoms with Gasteiger partial charge in [0.25, 0.3) is 0 Å². The predicted molar refractivity (Wildman–Crippen MR) is 174 cm³/mol. The molecule has 4 aromatic rings. The summed E-state index contributed by atoms with van der Waals surface area (Å²) < 4.78 is 12.3. The summed E-state index contributed by atoms with van der Waals surface area (Å²) in [5, 5.41) is 0. The van der Waals surface area contributed by atoms with Crippen LogP contribution in [0, 0.1) is 12.7 Å². The van der Waals surface area contributed by atoms with Gasteiger partial charge >= 0.3 is 0 Å². The van der Waals surface area contributed by atoms with Crippen LogP contribution in [0.15, 0.2) is 110 Å². The number of allylic oxidation sites excluding steroid dienone is 2. The van der Waals surface area contributed by atoms with Crippen molar-refractivity contribution >= 4 is 5.57 Å². The fourth-order valence-electron chi connectivity index (χ4n) is 3.70. The van der Waals surface area contributed by atoms with Crippen LogP contribution >= 0.6 is 0 Å². The molecular weight excluding hydrogens is 491 g/mol. The van der Waals surface area contributed by atoms with Crippen LogP contribution in [0.1, 0.15) is 68.9 Å². The summed E-state index contributed by atoms with van der Waals surface area (Å²) in [5.74, 6) is -0.243. The summed E-state index contributed by atoms with van der Waals surface area (Å²) in [5.41, 5.74) is 16.4. The first-order valence-corrected chi connectivity index (χ1v) is 14.1. The Morgan fingerprint density at radius 3 is 2.05 bits per heavy atom. The second-order valence-corrected chi connectivity index (χ2v) is 9.48. The van der Waals surface area contributed by atoms with Gasteiger partial charge in [-0.3, -0.25) is 4.98 Å². The maximum Gasteiger partial charge on any atom is 0.144 e. The summed E-state index contributed by atoms with van der Waals surface area (Å²) in [4.78, 5) is 3.57. The molecule has 0 spiro atoms. The molecule has 0 saturated heterocycles. The van der Waals surface area contributed by atoms with Crippen molar-refractivity contribution in [3.63, 3.8) is 0 Å². The van der Waals surface area contributed by atoms with Crippen LogP contribution in [-0.2, 0) is 19.4 Å². The normalized spacial score (nSPS) is 9.60. The maximum atomic E-state index is 12.3. The molecule has 40 heavy (non-hydrogen) atoms. The van der Waals surface area contributed by atoms with Crippen LogP contribution in [0.3, 0.4) is 0 Å². The minimum absolute atomic E-state index is 0.243. The van der Waals surface area contributed by atoms with Crippen LogP contribution in [0.4, 0.5) is 4.39 Å². The molecule has 0 fully saturated rings. The van der Waals surface area contributed by atoms with Crippen LogP contribution < -0.4 is 5.73 Å². The molecule has 0 amide bonds. The average Bonchev–Trinajstić information content (AvgIpc) is 2.99. The zero-order valence-electron chi connectivity index (χ0n) is 25.3. The van der Waals surface area contributed by atoms with Crippen LogP contribution in [0.5, 0.6) is 0 Å². The molecule has 0 aliphatic heterocycles. The molecule has 1 heterocycles. The fourth-order valence-corrected chi connectivity index (χ4v) is 3.70. The van der Waals surface area contributed by atoms with Gasteiger partial charge in [-0.25, -0.2) is 4.39 Å². The standard InChI is InChI=1S/C21H25N.C8H10.C6H6FN.C2H6/c1-15(2)8-9-17-6-5-7-19(12-17)21-13-18(16(3)4)10-11-20(21)14-22;1-2-8-6-4-3-5-7-8;1-5-2-3-8-4-6(5)7;1-2/h5-7,10-13H,1,3,8-9,14,22H2,2,4H3;3-7H,2H2,1H3;2-4H,1H3;1-2H3. The monoisotopic (exact) mass is 538 g/mol. The highest BCUT2D eigenvalue weighted by Gasteiger charge is 2.07. The zero-order valence-corrected chi connectivity index (χ0v) is 25.3. The van der Waals surface area contributed by atoms with Gasteiger partial charge in [0.2, 0.25) is 0 Å². The number of pyridine rings is 1. The van der Waals surface area contributed by atoms with Crippen molar-refractivity contribution in [1.29, 1.82) is 0 Å². The van der Waals surface area contributed by atoms with Crippen molar-refractivity contribution < 1.29 is 4.39 Å². The molecule has 2 N–H and O–H groups in total. The van der Waals surface area contributed by atoms with Gasteiger partial charge in [-0.05, 0) is 91.1 Å². The number of hydrogen-bond acceptors (Lipinski definition) is 2. The third kappa shape index (κ3) is 12.4. The van der Waals surface area contributed by atoms with E-state index in [1.54, 1.807) is 19.2 Å². The molecule has 0 radical (unpaired) electrons. The summed E-state index contributed by atoms with van der Waals surface area (Å²) in [7, 11) is 0. The van der Waals surface area contributed by atoms with Crippen molar-refractivity contribution in [3.05, 3.63) is 144 Å². The predicted octanol–water partition coefficient (Wildman–Crippen LogP) is 10.2. The summed E-state index contributed by atoms with van der Waals surface area (Å²) in [6.45, 7) is 20.5. The lowest BCUT2D eigenvalue weighted by Crippen LogP contribution is -2.00. The number of aromatic nitrogens is 1. The molecule has 1 aromatic heterocycles. The first-order chi connectivity index (χ1) is 19.2. The SMILES string of the molecule is C=C(C)CCc1cccc(-c2cc(C(=C)C)ccc2CN)c1.CC.CCc1ccccc1.Cc1ccncc1F. The Morgan fingerprint density at radius 1 is 0.875 bits per heavy atom. The Kier molecular flexibility index (Phi) is 16.5. The molecule has 0 unspecified atom stereocenters. The van der Waals surface area contributed by atoms with E-state index in [0.29, 0.717) is 12.1 Å². The highest BCUT2D eigenvalue weighted by atomic mass is 19.1. The summed E-state index contributed by atoms with van der Waals surface area (Å²) in [6.07, 6.45) is 5.97. The van der Waals surface area contributed by atoms with E-state index in [1.807, 2.05) is 26.8 Å². The molecule has 0 atom stereocenters. The molecule has 0 aliphatic carbocycles. The van der Waals surface area contributed by atoms with Gasteiger partial charge < -0.3 is 5.73 Å². The van der Waals surface area contributed by atoms with Crippen molar-refractivity contribution in [3.8, 4) is 11.1 Å². The molecule has 0 aliphatic rings. The topological polar surface area (TPSA) is 38.9 Å². The van der Waals surface area contributed by atoms with E-state index >= 15 is 0 Å². The quantitative estimate of drug-likeness (QED) is 0.238. The lowest BCUT2D eigenvalue weighted by molar-refractivity contribution is 0.612. The number of rotatable bonds is 7. The van der Waals surface area contributed by atoms with Gasteiger partial charge in [0.15, 0.2) is 0 Å². The van der Waals surface area contributed by atoms with Gasteiger partial charge in [0, 0.05) is 12.7 Å². The van der Waals surface area contributed by atoms with Gasteiger partial charge in [0.05, 0.1) is 6.20 Å². The molecule has 3 aromatic carbocycles.